The number of ether oxygens (including phenoxy) is 2. The lowest BCUT2D eigenvalue weighted by Crippen LogP contribution is -2.06. The lowest BCUT2D eigenvalue weighted by molar-refractivity contribution is 0.174. The smallest absolute Gasteiger partial charge is 0.231 e. The maximum Gasteiger partial charge on any atom is 0.231 e. The van der Waals surface area contributed by atoms with Crippen LogP contribution in [0.3, 0.4) is 0 Å². The highest BCUT2D eigenvalue weighted by Gasteiger charge is 2.17. The molecule has 0 fully saturated rings. The molecule has 0 unspecified atom stereocenters. The Kier molecular flexibility index (Phi) is 4.40. The number of anilines is 2. The van der Waals surface area contributed by atoms with Gasteiger partial charge in [-0.2, -0.15) is 0 Å². The van der Waals surface area contributed by atoms with E-state index in [-0.39, 0.29) is 6.79 Å². The van der Waals surface area contributed by atoms with Crippen LogP contribution in [-0.2, 0) is 13.0 Å². The van der Waals surface area contributed by atoms with Crippen molar-refractivity contribution in [1.82, 2.24) is 25.0 Å². The Labute approximate surface area is 171 Å². The molecule has 29 heavy (non-hydrogen) atoms. The largest absolute Gasteiger partial charge is 0.454 e. The van der Waals surface area contributed by atoms with Crippen molar-refractivity contribution in [2.45, 2.75) is 19.9 Å². The van der Waals surface area contributed by atoms with E-state index in [1.807, 2.05) is 49.4 Å². The van der Waals surface area contributed by atoms with Gasteiger partial charge in [-0.05, 0) is 23.8 Å². The van der Waals surface area contributed by atoms with Crippen LogP contribution in [-0.4, -0.2) is 31.8 Å². The highest BCUT2D eigenvalue weighted by molar-refractivity contribution is 6.31. The van der Waals surface area contributed by atoms with Gasteiger partial charge in [0.05, 0.1) is 6.54 Å². The summed E-state index contributed by atoms with van der Waals surface area (Å²) < 4.78 is 12.6. The number of fused-ring (bicyclic) bond motifs is 2. The van der Waals surface area contributed by atoms with Crippen molar-refractivity contribution in [3.8, 4) is 11.5 Å². The summed E-state index contributed by atoms with van der Waals surface area (Å²) in [5.74, 6) is 2.71. The van der Waals surface area contributed by atoms with Crippen molar-refractivity contribution in [3.05, 3.63) is 58.9 Å². The molecule has 5 rings (SSSR count). The lowest BCUT2D eigenvalue weighted by Gasteiger charge is -2.09. The Hall–Kier alpha value is -3.39. The van der Waals surface area contributed by atoms with E-state index in [9.17, 15) is 0 Å². The summed E-state index contributed by atoms with van der Waals surface area (Å²) in [6.07, 6.45) is 0.684. The predicted octanol–water partition coefficient (Wildman–Crippen LogP) is 3.96. The summed E-state index contributed by atoms with van der Waals surface area (Å²) >= 11 is 6.31. The number of aromatic nitrogens is 5. The van der Waals surface area contributed by atoms with Gasteiger partial charge < -0.3 is 14.8 Å². The minimum atomic E-state index is 0.229. The van der Waals surface area contributed by atoms with E-state index in [0.29, 0.717) is 46.5 Å². The molecule has 1 N–H and O–H groups in total. The Morgan fingerprint density at radius 1 is 1.10 bits per heavy atom. The zero-order chi connectivity index (χ0) is 19.8. The third-order valence-electron chi connectivity index (χ3n) is 4.64. The first-order valence-electron chi connectivity index (χ1n) is 9.21. The molecule has 8 nitrogen and oxygen atoms in total. The molecule has 9 heteroatoms. The molecule has 0 bridgehead atoms. The fraction of sp³-hybridized carbons (Fsp3) is 0.200. The molecule has 0 saturated heterocycles. The van der Waals surface area contributed by atoms with Crippen molar-refractivity contribution >= 4 is 34.3 Å². The van der Waals surface area contributed by atoms with Gasteiger partial charge in [-0.1, -0.05) is 41.9 Å². The molecule has 4 aromatic rings. The number of aryl methyl sites for hydroxylation is 1. The molecule has 0 atom stereocenters. The van der Waals surface area contributed by atoms with Gasteiger partial charge in [0.25, 0.3) is 0 Å². The van der Waals surface area contributed by atoms with Gasteiger partial charge in [0.15, 0.2) is 28.5 Å². The Morgan fingerprint density at radius 3 is 2.83 bits per heavy atom. The van der Waals surface area contributed by atoms with Crippen molar-refractivity contribution in [2.75, 3.05) is 12.1 Å². The Morgan fingerprint density at radius 2 is 1.97 bits per heavy atom. The minimum absolute atomic E-state index is 0.229. The average Bonchev–Trinajstić information content (AvgIpc) is 3.36. The molecule has 0 aliphatic carbocycles. The van der Waals surface area contributed by atoms with Gasteiger partial charge in [0.2, 0.25) is 6.79 Å². The third kappa shape index (κ3) is 3.31. The Bertz CT molecular complexity index is 1210. The zero-order valence-electron chi connectivity index (χ0n) is 15.6. The summed E-state index contributed by atoms with van der Waals surface area (Å²) in [6.45, 7) is 2.71. The van der Waals surface area contributed by atoms with Crippen molar-refractivity contribution in [2.24, 2.45) is 0 Å². The second-order valence-corrected chi connectivity index (χ2v) is 6.95. The number of halogens is 1. The van der Waals surface area contributed by atoms with E-state index in [2.05, 4.69) is 25.6 Å². The highest BCUT2D eigenvalue weighted by Crippen LogP contribution is 2.35. The molecule has 146 valence electrons. The number of nitrogens with zero attached hydrogens (tertiary/aromatic N) is 5. The molecule has 2 aromatic carbocycles. The predicted molar refractivity (Wildman–Crippen MR) is 109 cm³/mol. The van der Waals surface area contributed by atoms with Gasteiger partial charge in [-0.3, -0.25) is 0 Å². The topological polar surface area (TPSA) is 87.0 Å². The quantitative estimate of drug-likeness (QED) is 0.534. The summed E-state index contributed by atoms with van der Waals surface area (Å²) in [5.41, 5.74) is 3.01. The van der Waals surface area contributed by atoms with Crippen molar-refractivity contribution in [1.29, 1.82) is 0 Å². The Balaban J connectivity index is 1.54. The van der Waals surface area contributed by atoms with Gasteiger partial charge in [-0.15, -0.1) is 5.10 Å². The van der Waals surface area contributed by atoms with Gasteiger partial charge in [-0.25, -0.2) is 14.6 Å². The summed E-state index contributed by atoms with van der Waals surface area (Å²) in [6, 6.07) is 13.3. The van der Waals surface area contributed by atoms with E-state index in [1.54, 1.807) is 4.68 Å². The lowest BCUT2D eigenvalue weighted by atomic mass is 10.2. The first-order chi connectivity index (χ1) is 14.2. The van der Waals surface area contributed by atoms with Crippen LogP contribution in [0.2, 0.25) is 5.02 Å². The molecular formula is C20H17ClN6O2. The van der Waals surface area contributed by atoms with Crippen molar-refractivity contribution < 1.29 is 9.47 Å². The first kappa shape index (κ1) is 17.7. The normalized spacial score (nSPS) is 12.5. The SMILES string of the molecule is CCc1nc(Nc2ccc3c(c2)OCO3)c2nnn(Cc3ccccc3Cl)c2n1. The maximum absolute atomic E-state index is 6.31. The number of benzene rings is 2. The van der Waals surface area contributed by atoms with Gasteiger partial charge >= 0.3 is 0 Å². The van der Waals surface area contributed by atoms with E-state index < -0.39 is 0 Å². The second-order valence-electron chi connectivity index (χ2n) is 6.55. The second kappa shape index (κ2) is 7.21. The molecule has 0 spiro atoms. The molecule has 0 amide bonds. The van der Waals surface area contributed by atoms with Crippen LogP contribution in [0.1, 0.15) is 18.3 Å². The zero-order valence-corrected chi connectivity index (χ0v) is 16.3. The molecule has 1 aliphatic heterocycles. The minimum Gasteiger partial charge on any atom is -0.454 e. The van der Waals surface area contributed by atoms with Gasteiger partial charge in [0, 0.05) is 23.2 Å². The molecule has 1 aliphatic rings. The first-order valence-corrected chi connectivity index (χ1v) is 9.59. The van der Waals surface area contributed by atoms with E-state index in [0.717, 1.165) is 17.0 Å². The standard InChI is InChI=1S/C20H17ClN6O2/c1-2-17-23-19(22-13-7-8-15-16(9-13)29-11-28-15)18-20(24-17)27(26-25-18)10-12-5-3-4-6-14(12)21/h3-9H,2,10-11H2,1H3,(H,22,23,24). The van der Waals surface area contributed by atoms with E-state index in [1.165, 1.54) is 0 Å². The van der Waals surface area contributed by atoms with E-state index in [4.69, 9.17) is 21.1 Å². The fourth-order valence-electron chi connectivity index (χ4n) is 3.15. The summed E-state index contributed by atoms with van der Waals surface area (Å²) in [4.78, 5) is 9.25. The monoisotopic (exact) mass is 408 g/mol. The summed E-state index contributed by atoms with van der Waals surface area (Å²) in [5, 5.41) is 12.6. The van der Waals surface area contributed by atoms with Crippen molar-refractivity contribution in [3.63, 3.8) is 0 Å². The van der Waals surface area contributed by atoms with E-state index >= 15 is 0 Å². The van der Waals surface area contributed by atoms with Gasteiger partial charge in [0.1, 0.15) is 5.82 Å². The van der Waals surface area contributed by atoms with Crippen LogP contribution in [0.5, 0.6) is 11.5 Å². The van der Waals surface area contributed by atoms with Crippen LogP contribution < -0.4 is 14.8 Å². The molecular weight excluding hydrogens is 392 g/mol. The van der Waals surface area contributed by atoms with Crippen LogP contribution in [0.25, 0.3) is 11.2 Å². The van der Waals surface area contributed by atoms with Crippen LogP contribution in [0.15, 0.2) is 42.5 Å². The average molecular weight is 409 g/mol. The molecule has 2 aromatic heterocycles. The van der Waals surface area contributed by atoms with Crippen LogP contribution in [0, 0.1) is 0 Å². The van der Waals surface area contributed by atoms with Crippen LogP contribution in [0.4, 0.5) is 11.5 Å². The number of rotatable bonds is 5. The summed E-state index contributed by atoms with van der Waals surface area (Å²) in [7, 11) is 0. The highest BCUT2D eigenvalue weighted by atomic mass is 35.5. The number of nitrogens with one attached hydrogen (secondary N) is 1. The number of hydrogen-bond acceptors (Lipinski definition) is 7. The third-order valence-corrected chi connectivity index (χ3v) is 5.01. The molecule has 0 saturated carbocycles. The molecule has 3 heterocycles. The van der Waals surface area contributed by atoms with Crippen LogP contribution >= 0.6 is 11.6 Å². The molecule has 0 radical (unpaired) electrons. The number of hydrogen-bond donors (Lipinski definition) is 1. The fourth-order valence-corrected chi connectivity index (χ4v) is 3.35. The maximum atomic E-state index is 6.31.